The molecule has 8 heteroatoms. The van der Waals surface area contributed by atoms with Gasteiger partial charge < -0.3 is 20.3 Å². The number of amides is 1. The molecule has 0 fully saturated rings. The summed E-state index contributed by atoms with van der Waals surface area (Å²) < 4.78 is 5.28. The fraction of sp³-hybridized carbons (Fsp3) is 0.400. The number of nitrogens with one attached hydrogen (secondary N) is 2. The first-order chi connectivity index (χ1) is 13.2. The van der Waals surface area contributed by atoms with E-state index < -0.39 is 11.7 Å². The summed E-state index contributed by atoms with van der Waals surface area (Å²) in [5.74, 6) is 0.811. The zero-order valence-corrected chi connectivity index (χ0v) is 17.7. The molecule has 0 spiro atoms. The lowest BCUT2D eigenvalue weighted by molar-refractivity contribution is 0.0523. The van der Waals surface area contributed by atoms with Crippen LogP contribution in [-0.4, -0.2) is 29.8 Å². The second-order valence-corrected chi connectivity index (χ2v) is 8.49. The first kappa shape index (κ1) is 20.6. The highest BCUT2D eigenvalue weighted by Gasteiger charge is 2.20. The molecule has 0 radical (unpaired) electrons. The van der Waals surface area contributed by atoms with E-state index in [4.69, 9.17) is 27.9 Å². The van der Waals surface area contributed by atoms with Crippen molar-refractivity contribution in [3.63, 3.8) is 0 Å². The average Bonchev–Trinajstić information content (AvgIpc) is 2.62. The van der Waals surface area contributed by atoms with Crippen molar-refractivity contribution < 1.29 is 9.53 Å². The van der Waals surface area contributed by atoms with Crippen LogP contribution in [0.1, 0.15) is 31.9 Å². The zero-order valence-electron chi connectivity index (χ0n) is 16.2. The minimum Gasteiger partial charge on any atom is -0.444 e. The van der Waals surface area contributed by atoms with Crippen molar-refractivity contribution in [1.29, 1.82) is 0 Å². The van der Waals surface area contributed by atoms with E-state index in [2.05, 4.69) is 20.5 Å². The van der Waals surface area contributed by atoms with E-state index in [-0.39, 0.29) is 0 Å². The average molecular weight is 423 g/mol. The minimum atomic E-state index is -0.533. The number of carbonyl (C=O) groups is 1. The van der Waals surface area contributed by atoms with E-state index in [0.29, 0.717) is 23.1 Å². The van der Waals surface area contributed by atoms with Crippen molar-refractivity contribution in [2.75, 3.05) is 23.3 Å². The largest absolute Gasteiger partial charge is 0.444 e. The summed E-state index contributed by atoms with van der Waals surface area (Å²) in [6.07, 6.45) is 1.30. The van der Waals surface area contributed by atoms with Gasteiger partial charge in [-0.25, -0.2) is 9.78 Å². The van der Waals surface area contributed by atoms with Gasteiger partial charge in [-0.1, -0.05) is 23.2 Å². The molecule has 3 rings (SSSR count). The maximum Gasteiger partial charge on any atom is 0.407 e. The van der Waals surface area contributed by atoms with Crippen molar-refractivity contribution in [2.24, 2.45) is 0 Å². The van der Waals surface area contributed by atoms with Gasteiger partial charge in [-0.2, -0.15) is 0 Å². The number of hydrogen-bond donors (Lipinski definition) is 2. The monoisotopic (exact) mass is 422 g/mol. The fourth-order valence-corrected chi connectivity index (χ4v) is 3.29. The molecule has 0 atom stereocenters. The molecule has 1 aromatic heterocycles. The third-order valence-corrected chi connectivity index (χ3v) is 4.75. The van der Waals surface area contributed by atoms with Crippen LogP contribution >= 0.6 is 23.2 Å². The Labute approximate surface area is 175 Å². The van der Waals surface area contributed by atoms with Gasteiger partial charge in [0.05, 0.1) is 5.69 Å². The second-order valence-electron chi connectivity index (χ2n) is 7.65. The molecule has 6 nitrogen and oxygen atoms in total. The van der Waals surface area contributed by atoms with Gasteiger partial charge in [0.2, 0.25) is 0 Å². The van der Waals surface area contributed by atoms with E-state index in [1.54, 1.807) is 12.3 Å². The van der Waals surface area contributed by atoms with Gasteiger partial charge in [-0.3, -0.25) is 0 Å². The van der Waals surface area contributed by atoms with Crippen LogP contribution in [-0.2, 0) is 17.8 Å². The number of rotatable bonds is 4. The predicted molar refractivity (Wildman–Crippen MR) is 113 cm³/mol. The summed E-state index contributed by atoms with van der Waals surface area (Å²) in [7, 11) is 0. The van der Waals surface area contributed by atoms with Crippen molar-refractivity contribution in [1.82, 2.24) is 10.3 Å². The highest BCUT2D eigenvalue weighted by molar-refractivity contribution is 6.33. The summed E-state index contributed by atoms with van der Waals surface area (Å²) in [6, 6.07) is 7.49. The third kappa shape index (κ3) is 5.42. The number of ether oxygens (including phenoxy) is 1. The maximum atomic E-state index is 11.9. The van der Waals surface area contributed by atoms with Crippen molar-refractivity contribution in [2.45, 2.75) is 39.5 Å². The summed E-state index contributed by atoms with van der Waals surface area (Å²) in [5.41, 5.74) is 2.27. The molecule has 1 aliphatic heterocycles. The predicted octanol–water partition coefficient (Wildman–Crippen LogP) is 4.85. The van der Waals surface area contributed by atoms with Gasteiger partial charge in [-0.05, 0) is 56.2 Å². The topological polar surface area (TPSA) is 66.5 Å². The van der Waals surface area contributed by atoms with E-state index in [9.17, 15) is 4.79 Å². The smallest absolute Gasteiger partial charge is 0.407 e. The second kappa shape index (κ2) is 8.45. The third-order valence-electron chi connectivity index (χ3n) is 4.14. The number of benzene rings is 1. The molecular weight excluding hydrogens is 399 g/mol. The first-order valence-corrected chi connectivity index (χ1v) is 9.85. The minimum absolute atomic E-state index is 0.334. The molecule has 0 saturated heterocycles. The molecule has 0 saturated carbocycles. The standard InChI is InChI=1S/C20H24Cl2N4O2/c1-20(2,3)28-19(27)25-11-13-8-17-18(24-10-13)23-6-7-26(17)12-14-9-15(21)4-5-16(14)22/h4-5,8-10H,6-7,11-12H2,1-3H3,(H,23,24)(H,25,27). The zero-order chi connectivity index (χ0) is 20.3. The van der Waals surface area contributed by atoms with Crippen LogP contribution in [0.4, 0.5) is 16.3 Å². The maximum absolute atomic E-state index is 11.9. The normalized spacial score (nSPS) is 13.5. The lowest BCUT2D eigenvalue weighted by atomic mass is 10.1. The van der Waals surface area contributed by atoms with Crippen LogP contribution in [0.2, 0.25) is 10.0 Å². The molecule has 2 heterocycles. The van der Waals surface area contributed by atoms with Crippen LogP contribution in [0.15, 0.2) is 30.5 Å². The van der Waals surface area contributed by atoms with Gasteiger partial charge in [0, 0.05) is 42.4 Å². The van der Waals surface area contributed by atoms with Gasteiger partial charge in [-0.15, -0.1) is 0 Å². The Morgan fingerprint density at radius 1 is 1.32 bits per heavy atom. The Balaban J connectivity index is 1.74. The highest BCUT2D eigenvalue weighted by atomic mass is 35.5. The number of anilines is 2. The lowest BCUT2D eigenvalue weighted by Crippen LogP contribution is -2.34. The highest BCUT2D eigenvalue weighted by Crippen LogP contribution is 2.31. The number of alkyl carbamates (subject to hydrolysis) is 1. The van der Waals surface area contributed by atoms with Crippen molar-refractivity contribution in [3.8, 4) is 0 Å². The SMILES string of the molecule is CC(C)(C)OC(=O)NCc1cnc2c(c1)N(Cc1cc(Cl)ccc1Cl)CCN2. The number of hydrogen-bond acceptors (Lipinski definition) is 5. The number of carbonyl (C=O) groups excluding carboxylic acids is 1. The van der Waals surface area contributed by atoms with Crippen LogP contribution in [0.3, 0.4) is 0 Å². The van der Waals surface area contributed by atoms with Crippen molar-refractivity contribution >= 4 is 40.8 Å². The summed E-state index contributed by atoms with van der Waals surface area (Å²) in [4.78, 5) is 18.6. The molecule has 2 aromatic rings. The Bertz CT molecular complexity index is 868. The molecule has 1 amide bonds. The Morgan fingerprint density at radius 3 is 2.86 bits per heavy atom. The molecule has 150 valence electrons. The van der Waals surface area contributed by atoms with E-state index >= 15 is 0 Å². The number of halogens is 2. The quantitative estimate of drug-likeness (QED) is 0.737. The van der Waals surface area contributed by atoms with E-state index in [1.165, 1.54) is 0 Å². The number of aromatic nitrogens is 1. The molecule has 1 aromatic carbocycles. The molecule has 0 unspecified atom stereocenters. The Hall–Kier alpha value is -2.18. The molecule has 1 aliphatic rings. The van der Waals surface area contributed by atoms with Crippen LogP contribution in [0, 0.1) is 0 Å². The Morgan fingerprint density at radius 2 is 2.11 bits per heavy atom. The van der Waals surface area contributed by atoms with Gasteiger partial charge in [0.1, 0.15) is 11.4 Å². The van der Waals surface area contributed by atoms with Gasteiger partial charge >= 0.3 is 6.09 Å². The fourth-order valence-electron chi connectivity index (χ4n) is 2.92. The summed E-state index contributed by atoms with van der Waals surface area (Å²) in [5, 5.41) is 7.40. The molecule has 0 bridgehead atoms. The number of pyridine rings is 1. The van der Waals surface area contributed by atoms with Crippen LogP contribution < -0.4 is 15.5 Å². The number of nitrogens with zero attached hydrogens (tertiary/aromatic N) is 2. The lowest BCUT2D eigenvalue weighted by Gasteiger charge is -2.32. The summed E-state index contributed by atoms with van der Waals surface area (Å²) >= 11 is 12.5. The molecule has 2 N–H and O–H groups in total. The van der Waals surface area contributed by atoms with Crippen molar-refractivity contribution in [3.05, 3.63) is 51.6 Å². The molecular formula is C20H24Cl2N4O2. The summed E-state index contributed by atoms with van der Waals surface area (Å²) in [6.45, 7) is 8.04. The Kier molecular flexibility index (Phi) is 6.20. The first-order valence-electron chi connectivity index (χ1n) is 9.10. The molecule has 0 aliphatic carbocycles. The van der Waals surface area contributed by atoms with Crippen LogP contribution in [0.5, 0.6) is 0 Å². The number of fused-ring (bicyclic) bond motifs is 1. The van der Waals surface area contributed by atoms with Crippen LogP contribution in [0.25, 0.3) is 0 Å². The van der Waals surface area contributed by atoms with E-state index in [1.807, 2.05) is 39.0 Å². The van der Waals surface area contributed by atoms with Gasteiger partial charge in [0.15, 0.2) is 0 Å². The van der Waals surface area contributed by atoms with E-state index in [0.717, 1.165) is 35.7 Å². The van der Waals surface area contributed by atoms with Gasteiger partial charge in [0.25, 0.3) is 0 Å². The molecule has 28 heavy (non-hydrogen) atoms.